The molecule has 15 heavy (non-hydrogen) atoms. The molecule has 1 N–H and O–H groups in total. The molecule has 0 aromatic heterocycles. The van der Waals surface area contributed by atoms with E-state index in [0.717, 1.165) is 11.3 Å². The molecule has 0 fully saturated rings. The third-order valence-electron chi connectivity index (χ3n) is 2.38. The first-order chi connectivity index (χ1) is 6.99. The van der Waals surface area contributed by atoms with Gasteiger partial charge in [0.05, 0.1) is 17.1 Å². The van der Waals surface area contributed by atoms with Crippen LogP contribution in [-0.2, 0) is 6.61 Å². The lowest BCUT2D eigenvalue weighted by molar-refractivity contribution is -0.385. The molecular weight excluding hydrogens is 196 g/mol. The van der Waals surface area contributed by atoms with E-state index in [1.807, 2.05) is 19.0 Å². The lowest BCUT2D eigenvalue weighted by Gasteiger charge is -2.17. The second-order valence-electron chi connectivity index (χ2n) is 3.52. The SMILES string of the molecule is Cc1c(N(C)C)ccc([N+](=O)[O-])c1CO. The van der Waals surface area contributed by atoms with Gasteiger partial charge in [0.15, 0.2) is 0 Å². The molecule has 0 aliphatic rings. The Morgan fingerprint density at radius 2 is 2.07 bits per heavy atom. The molecule has 0 unspecified atom stereocenters. The van der Waals surface area contributed by atoms with Crippen LogP contribution in [0.1, 0.15) is 11.1 Å². The van der Waals surface area contributed by atoms with Gasteiger partial charge in [-0.2, -0.15) is 0 Å². The van der Waals surface area contributed by atoms with E-state index in [9.17, 15) is 10.1 Å². The number of anilines is 1. The van der Waals surface area contributed by atoms with Crippen LogP contribution in [-0.4, -0.2) is 24.1 Å². The summed E-state index contributed by atoms with van der Waals surface area (Å²) >= 11 is 0. The van der Waals surface area contributed by atoms with Crippen molar-refractivity contribution in [3.8, 4) is 0 Å². The molecule has 5 nitrogen and oxygen atoms in total. The average molecular weight is 210 g/mol. The number of aliphatic hydroxyl groups is 1. The number of aliphatic hydroxyl groups excluding tert-OH is 1. The Labute approximate surface area is 88.1 Å². The van der Waals surface area contributed by atoms with Crippen LogP contribution in [0.3, 0.4) is 0 Å². The molecule has 0 aliphatic heterocycles. The molecule has 0 amide bonds. The van der Waals surface area contributed by atoms with Crippen molar-refractivity contribution in [1.82, 2.24) is 0 Å². The highest BCUT2D eigenvalue weighted by molar-refractivity contribution is 5.61. The van der Waals surface area contributed by atoms with E-state index in [0.29, 0.717) is 5.56 Å². The third-order valence-corrected chi connectivity index (χ3v) is 2.38. The minimum Gasteiger partial charge on any atom is -0.391 e. The monoisotopic (exact) mass is 210 g/mol. The standard InChI is InChI=1S/C10H14N2O3/c1-7-8(6-13)10(12(14)15)5-4-9(7)11(2)3/h4-5,13H,6H2,1-3H3. The second kappa shape index (κ2) is 4.27. The first-order valence-corrected chi connectivity index (χ1v) is 4.54. The number of hydrogen-bond acceptors (Lipinski definition) is 4. The Balaban J connectivity index is 3.39. The van der Waals surface area contributed by atoms with Crippen molar-refractivity contribution < 1.29 is 10.0 Å². The maximum Gasteiger partial charge on any atom is 0.275 e. The molecule has 0 aliphatic carbocycles. The second-order valence-corrected chi connectivity index (χ2v) is 3.52. The van der Waals surface area contributed by atoms with Crippen LogP contribution in [0.5, 0.6) is 0 Å². The van der Waals surface area contributed by atoms with E-state index < -0.39 is 4.92 Å². The predicted octanol–water partition coefficient (Wildman–Crippen LogP) is 1.46. The summed E-state index contributed by atoms with van der Waals surface area (Å²) in [6, 6.07) is 3.11. The summed E-state index contributed by atoms with van der Waals surface area (Å²) in [7, 11) is 3.71. The minimum atomic E-state index is -0.474. The van der Waals surface area contributed by atoms with Crippen LogP contribution < -0.4 is 4.90 Å². The van der Waals surface area contributed by atoms with Gasteiger partial charge in [-0.05, 0) is 18.6 Å². The average Bonchev–Trinajstić information content (AvgIpc) is 2.16. The number of nitrogens with zero attached hydrogens (tertiary/aromatic N) is 2. The van der Waals surface area contributed by atoms with E-state index in [4.69, 9.17) is 5.11 Å². The number of hydrogen-bond donors (Lipinski definition) is 1. The largest absolute Gasteiger partial charge is 0.391 e. The Morgan fingerprint density at radius 1 is 1.47 bits per heavy atom. The van der Waals surface area contributed by atoms with Gasteiger partial charge in [0, 0.05) is 25.8 Å². The first kappa shape index (κ1) is 11.5. The fourth-order valence-corrected chi connectivity index (χ4v) is 1.59. The summed E-state index contributed by atoms with van der Waals surface area (Å²) in [5.41, 5.74) is 1.98. The maximum absolute atomic E-state index is 10.7. The van der Waals surface area contributed by atoms with Crippen LogP contribution in [0, 0.1) is 17.0 Å². The summed E-state index contributed by atoms with van der Waals surface area (Å²) in [6.45, 7) is 1.46. The number of rotatable bonds is 3. The highest BCUT2D eigenvalue weighted by Crippen LogP contribution is 2.29. The Hall–Kier alpha value is -1.62. The number of nitro groups is 1. The lowest BCUT2D eigenvalue weighted by atomic mass is 10.0. The van der Waals surface area contributed by atoms with E-state index in [1.54, 1.807) is 13.0 Å². The quantitative estimate of drug-likeness (QED) is 0.606. The highest BCUT2D eigenvalue weighted by Gasteiger charge is 2.17. The van der Waals surface area contributed by atoms with Crippen LogP contribution >= 0.6 is 0 Å². The number of nitro benzene ring substituents is 1. The molecule has 0 spiro atoms. The predicted molar refractivity (Wildman–Crippen MR) is 58.1 cm³/mol. The molecule has 0 atom stereocenters. The van der Waals surface area contributed by atoms with Crippen molar-refractivity contribution in [2.45, 2.75) is 13.5 Å². The van der Waals surface area contributed by atoms with Gasteiger partial charge in [-0.25, -0.2) is 0 Å². The molecule has 1 aromatic rings. The van der Waals surface area contributed by atoms with E-state index in [2.05, 4.69) is 0 Å². The van der Waals surface area contributed by atoms with Gasteiger partial charge in [-0.15, -0.1) is 0 Å². The zero-order valence-corrected chi connectivity index (χ0v) is 9.02. The molecule has 1 rings (SSSR count). The molecule has 1 aromatic carbocycles. The molecule has 0 radical (unpaired) electrons. The Bertz CT molecular complexity index is 388. The molecule has 5 heteroatoms. The summed E-state index contributed by atoms with van der Waals surface area (Å²) in [5, 5.41) is 19.8. The molecule has 0 heterocycles. The van der Waals surface area contributed by atoms with E-state index >= 15 is 0 Å². The highest BCUT2D eigenvalue weighted by atomic mass is 16.6. The molecule has 0 saturated heterocycles. The summed E-state index contributed by atoms with van der Waals surface area (Å²) in [4.78, 5) is 12.1. The van der Waals surface area contributed by atoms with Gasteiger partial charge in [0.25, 0.3) is 5.69 Å². The Kier molecular flexibility index (Phi) is 3.26. The summed E-state index contributed by atoms with van der Waals surface area (Å²) < 4.78 is 0. The van der Waals surface area contributed by atoms with Gasteiger partial charge >= 0.3 is 0 Å². The normalized spacial score (nSPS) is 10.1. The summed E-state index contributed by atoms with van der Waals surface area (Å²) in [5.74, 6) is 0. The van der Waals surface area contributed by atoms with Crippen molar-refractivity contribution in [3.63, 3.8) is 0 Å². The topological polar surface area (TPSA) is 66.6 Å². The van der Waals surface area contributed by atoms with Gasteiger partial charge < -0.3 is 10.0 Å². The zero-order valence-electron chi connectivity index (χ0n) is 9.02. The van der Waals surface area contributed by atoms with Crippen molar-refractivity contribution in [1.29, 1.82) is 0 Å². The van der Waals surface area contributed by atoms with Gasteiger partial charge in [0.2, 0.25) is 0 Å². The third kappa shape index (κ3) is 2.07. The fraction of sp³-hybridized carbons (Fsp3) is 0.400. The van der Waals surface area contributed by atoms with Crippen LogP contribution in [0.4, 0.5) is 11.4 Å². The fourth-order valence-electron chi connectivity index (χ4n) is 1.59. The van der Waals surface area contributed by atoms with Crippen LogP contribution in [0.25, 0.3) is 0 Å². The van der Waals surface area contributed by atoms with Crippen molar-refractivity contribution >= 4 is 11.4 Å². The molecule has 0 saturated carbocycles. The first-order valence-electron chi connectivity index (χ1n) is 4.54. The van der Waals surface area contributed by atoms with Gasteiger partial charge in [0.1, 0.15) is 0 Å². The van der Waals surface area contributed by atoms with Crippen LogP contribution in [0.15, 0.2) is 12.1 Å². The smallest absolute Gasteiger partial charge is 0.275 e. The van der Waals surface area contributed by atoms with Gasteiger partial charge in [-0.3, -0.25) is 10.1 Å². The number of benzene rings is 1. The van der Waals surface area contributed by atoms with Crippen molar-refractivity contribution in [2.75, 3.05) is 19.0 Å². The van der Waals surface area contributed by atoms with Gasteiger partial charge in [-0.1, -0.05) is 0 Å². The van der Waals surface area contributed by atoms with Crippen molar-refractivity contribution in [2.24, 2.45) is 0 Å². The van der Waals surface area contributed by atoms with Crippen LogP contribution in [0.2, 0.25) is 0 Å². The zero-order chi connectivity index (χ0) is 11.6. The lowest BCUT2D eigenvalue weighted by Crippen LogP contribution is -2.12. The molecular formula is C10H14N2O3. The van der Waals surface area contributed by atoms with E-state index in [1.165, 1.54) is 6.07 Å². The maximum atomic E-state index is 10.7. The van der Waals surface area contributed by atoms with Crippen molar-refractivity contribution in [3.05, 3.63) is 33.4 Å². The van der Waals surface area contributed by atoms with E-state index in [-0.39, 0.29) is 12.3 Å². The molecule has 82 valence electrons. The summed E-state index contributed by atoms with van der Waals surface area (Å²) in [6.07, 6.45) is 0. The Morgan fingerprint density at radius 3 is 2.47 bits per heavy atom. The minimum absolute atomic E-state index is 0.0272. The molecule has 0 bridgehead atoms.